The van der Waals surface area contributed by atoms with Crippen LogP contribution in [-0.2, 0) is 6.61 Å². The van der Waals surface area contributed by atoms with Gasteiger partial charge in [0.25, 0.3) is 5.91 Å². The largest absolute Gasteiger partial charge is 0.470 e. The van der Waals surface area contributed by atoms with E-state index in [9.17, 15) is 4.79 Å². The van der Waals surface area contributed by atoms with Gasteiger partial charge in [-0.3, -0.25) is 14.8 Å². The highest BCUT2D eigenvalue weighted by molar-refractivity contribution is 5.98. The van der Waals surface area contributed by atoms with Crippen molar-refractivity contribution in [1.29, 1.82) is 0 Å². The number of hydrogen-bond acceptors (Lipinski definition) is 7. The summed E-state index contributed by atoms with van der Waals surface area (Å²) in [5.41, 5.74) is 2.26. The van der Waals surface area contributed by atoms with Crippen molar-refractivity contribution in [2.75, 3.05) is 13.1 Å². The molecule has 150 valence electrons. The van der Waals surface area contributed by atoms with E-state index in [1.54, 1.807) is 24.8 Å². The summed E-state index contributed by atoms with van der Waals surface area (Å²) in [4.78, 5) is 27.2. The topological polar surface area (TPSA) is 98.9 Å². The Balaban J connectivity index is 1.23. The van der Waals surface area contributed by atoms with Crippen LogP contribution in [0.4, 0.5) is 0 Å². The van der Waals surface area contributed by atoms with Crippen LogP contribution in [0.25, 0.3) is 10.9 Å². The van der Waals surface area contributed by atoms with Gasteiger partial charge in [-0.2, -0.15) is 0 Å². The molecule has 1 saturated heterocycles. The number of hydrogen-bond donors (Lipinski definition) is 0. The maximum atomic E-state index is 13.0. The summed E-state index contributed by atoms with van der Waals surface area (Å²) in [6.07, 6.45) is 9.14. The normalized spacial score (nSPS) is 16.1. The Morgan fingerprint density at radius 1 is 1.17 bits per heavy atom. The number of nitrogens with zero attached hydrogens (tertiary/aromatic N) is 7. The SMILES string of the molecule is O=C(c1ccc2ncccc2c1)N1CCC(n2cc(COc3cnccn3)nn2)C1. The number of likely N-dealkylation sites (tertiary alicyclic amines) is 1. The molecule has 1 aliphatic heterocycles. The molecule has 0 spiro atoms. The van der Waals surface area contributed by atoms with E-state index in [4.69, 9.17) is 4.74 Å². The molecule has 5 rings (SSSR count). The van der Waals surface area contributed by atoms with E-state index in [2.05, 4.69) is 25.3 Å². The number of amides is 1. The van der Waals surface area contributed by atoms with Crippen molar-refractivity contribution in [1.82, 2.24) is 34.8 Å². The van der Waals surface area contributed by atoms with Gasteiger partial charge in [0.05, 0.1) is 24.0 Å². The van der Waals surface area contributed by atoms with Crippen LogP contribution in [0.3, 0.4) is 0 Å². The summed E-state index contributed by atoms with van der Waals surface area (Å²) in [5, 5.41) is 9.35. The Hall–Kier alpha value is -3.88. The van der Waals surface area contributed by atoms with Gasteiger partial charge in [0.1, 0.15) is 12.3 Å². The lowest BCUT2D eigenvalue weighted by molar-refractivity contribution is 0.0787. The highest BCUT2D eigenvalue weighted by Crippen LogP contribution is 2.24. The van der Waals surface area contributed by atoms with Crippen LogP contribution in [0, 0.1) is 0 Å². The van der Waals surface area contributed by atoms with Crippen LogP contribution < -0.4 is 4.74 Å². The Kier molecular flexibility index (Phi) is 4.76. The van der Waals surface area contributed by atoms with E-state index < -0.39 is 0 Å². The third kappa shape index (κ3) is 3.69. The summed E-state index contributed by atoms with van der Waals surface area (Å²) < 4.78 is 7.37. The average Bonchev–Trinajstić information content (AvgIpc) is 3.47. The van der Waals surface area contributed by atoms with Gasteiger partial charge < -0.3 is 9.64 Å². The van der Waals surface area contributed by atoms with Gasteiger partial charge >= 0.3 is 0 Å². The standard InChI is InChI=1S/C21H19N7O2/c29-21(16-3-4-19-15(10-16)2-1-6-23-19)27-9-5-18(13-27)28-12-17(25-26-28)14-30-20-11-22-7-8-24-20/h1-4,6-8,10-12,18H,5,9,13-14H2. The van der Waals surface area contributed by atoms with Crippen LogP contribution in [-0.4, -0.2) is 53.8 Å². The minimum Gasteiger partial charge on any atom is -0.470 e. The van der Waals surface area contributed by atoms with Gasteiger partial charge in [-0.1, -0.05) is 11.3 Å². The Morgan fingerprint density at radius 3 is 3.03 bits per heavy atom. The number of aromatic nitrogens is 6. The predicted octanol–water partition coefficient (Wildman–Crippen LogP) is 2.28. The van der Waals surface area contributed by atoms with Crippen molar-refractivity contribution in [3.05, 3.63) is 72.6 Å². The molecule has 1 atom stereocenters. The van der Waals surface area contributed by atoms with E-state index in [1.807, 2.05) is 46.1 Å². The first kappa shape index (κ1) is 18.2. The zero-order valence-electron chi connectivity index (χ0n) is 16.1. The van der Waals surface area contributed by atoms with Gasteiger partial charge in [0, 0.05) is 42.6 Å². The second kappa shape index (κ2) is 7.86. The number of carbonyl (C=O) groups is 1. The van der Waals surface area contributed by atoms with E-state index >= 15 is 0 Å². The lowest BCUT2D eigenvalue weighted by atomic mass is 10.1. The number of rotatable bonds is 5. The van der Waals surface area contributed by atoms with E-state index in [-0.39, 0.29) is 18.6 Å². The fraction of sp³-hybridized carbons (Fsp3) is 0.238. The summed E-state index contributed by atoms with van der Waals surface area (Å²) in [6.45, 7) is 1.54. The van der Waals surface area contributed by atoms with Gasteiger partial charge in [-0.15, -0.1) is 5.10 Å². The molecule has 0 N–H and O–H groups in total. The lowest BCUT2D eigenvalue weighted by Crippen LogP contribution is -2.29. The van der Waals surface area contributed by atoms with Crippen molar-refractivity contribution in [3.63, 3.8) is 0 Å². The molecule has 1 fully saturated rings. The quantitative estimate of drug-likeness (QED) is 0.506. The van der Waals surface area contributed by atoms with E-state index in [0.717, 1.165) is 17.3 Å². The van der Waals surface area contributed by atoms with Gasteiger partial charge in [-0.05, 0) is 30.7 Å². The first-order valence-corrected chi connectivity index (χ1v) is 9.70. The van der Waals surface area contributed by atoms with Crippen LogP contribution in [0.2, 0.25) is 0 Å². The van der Waals surface area contributed by atoms with Crippen molar-refractivity contribution in [2.45, 2.75) is 19.1 Å². The first-order valence-electron chi connectivity index (χ1n) is 9.70. The number of benzene rings is 1. The number of carbonyl (C=O) groups excluding carboxylic acids is 1. The van der Waals surface area contributed by atoms with Crippen LogP contribution >= 0.6 is 0 Å². The molecule has 30 heavy (non-hydrogen) atoms. The number of ether oxygens (including phenoxy) is 1. The second-order valence-corrected chi connectivity index (χ2v) is 7.13. The molecule has 4 heterocycles. The molecule has 0 saturated carbocycles. The fourth-order valence-corrected chi connectivity index (χ4v) is 3.60. The fourth-order valence-electron chi connectivity index (χ4n) is 3.60. The summed E-state index contributed by atoms with van der Waals surface area (Å²) >= 11 is 0. The van der Waals surface area contributed by atoms with Crippen molar-refractivity contribution in [2.24, 2.45) is 0 Å². The molecule has 0 bridgehead atoms. The number of fused-ring (bicyclic) bond motifs is 1. The summed E-state index contributed by atoms with van der Waals surface area (Å²) in [6, 6.07) is 9.55. The Bertz CT molecular complexity index is 1180. The van der Waals surface area contributed by atoms with Crippen molar-refractivity contribution < 1.29 is 9.53 Å². The molecule has 1 aromatic carbocycles. The minimum absolute atomic E-state index is 0.0228. The molecular formula is C21H19N7O2. The minimum atomic E-state index is 0.0228. The monoisotopic (exact) mass is 401 g/mol. The van der Waals surface area contributed by atoms with E-state index in [0.29, 0.717) is 30.2 Å². The maximum absolute atomic E-state index is 13.0. The molecule has 3 aromatic heterocycles. The van der Waals surface area contributed by atoms with Crippen molar-refractivity contribution >= 4 is 16.8 Å². The van der Waals surface area contributed by atoms with Crippen LogP contribution in [0.5, 0.6) is 5.88 Å². The smallest absolute Gasteiger partial charge is 0.253 e. The highest BCUT2D eigenvalue weighted by atomic mass is 16.5. The zero-order valence-corrected chi connectivity index (χ0v) is 16.1. The molecule has 9 nitrogen and oxygen atoms in total. The molecule has 1 unspecified atom stereocenters. The summed E-state index contributed by atoms with van der Waals surface area (Å²) in [7, 11) is 0. The lowest BCUT2D eigenvalue weighted by Gasteiger charge is -2.16. The molecule has 4 aromatic rings. The Morgan fingerprint density at radius 2 is 2.13 bits per heavy atom. The Labute approximate surface area is 172 Å². The first-order chi connectivity index (χ1) is 14.8. The number of pyridine rings is 1. The van der Waals surface area contributed by atoms with Gasteiger partial charge in [0.2, 0.25) is 5.88 Å². The van der Waals surface area contributed by atoms with Crippen LogP contribution in [0.1, 0.15) is 28.5 Å². The maximum Gasteiger partial charge on any atom is 0.253 e. The molecule has 1 aliphatic rings. The average molecular weight is 401 g/mol. The van der Waals surface area contributed by atoms with Crippen molar-refractivity contribution in [3.8, 4) is 5.88 Å². The predicted molar refractivity (Wildman–Crippen MR) is 108 cm³/mol. The van der Waals surface area contributed by atoms with Gasteiger partial charge in [0.15, 0.2) is 0 Å². The van der Waals surface area contributed by atoms with Crippen LogP contribution in [0.15, 0.2) is 61.3 Å². The second-order valence-electron chi connectivity index (χ2n) is 7.13. The molecule has 9 heteroatoms. The molecular weight excluding hydrogens is 382 g/mol. The third-order valence-corrected chi connectivity index (χ3v) is 5.14. The molecule has 1 amide bonds. The summed E-state index contributed by atoms with van der Waals surface area (Å²) in [5.74, 6) is 0.463. The molecule has 0 aliphatic carbocycles. The third-order valence-electron chi connectivity index (χ3n) is 5.14. The molecule has 0 radical (unpaired) electrons. The zero-order chi connectivity index (χ0) is 20.3. The van der Waals surface area contributed by atoms with Gasteiger partial charge in [-0.25, -0.2) is 9.67 Å². The van der Waals surface area contributed by atoms with E-state index in [1.165, 1.54) is 0 Å². The highest BCUT2D eigenvalue weighted by Gasteiger charge is 2.29.